The molecule has 0 fully saturated rings. The Kier molecular flexibility index (Phi) is 6.58. The number of pyridine rings is 1. The van der Waals surface area contributed by atoms with Gasteiger partial charge in [-0.15, -0.1) is 0 Å². The number of carboxylic acids is 1. The Hall–Kier alpha value is -2.18. The fraction of sp³-hybridized carbons (Fsp3) is 0.571. The number of nitrogens with zero attached hydrogens (tertiary/aromatic N) is 2. The number of carboxylic acid groups (broad SMARTS) is 1. The molecule has 7 nitrogen and oxygen atoms in total. The summed E-state index contributed by atoms with van der Waals surface area (Å²) in [5.74, 6) is -0.958. The van der Waals surface area contributed by atoms with Crippen LogP contribution in [0.3, 0.4) is 0 Å². The van der Waals surface area contributed by atoms with Crippen LogP contribution in [-0.4, -0.2) is 27.0 Å². The molecule has 2 N–H and O–H groups in total. The Morgan fingerprint density at radius 3 is 2.67 bits per heavy atom. The lowest BCUT2D eigenvalue weighted by Gasteiger charge is -2.18. The van der Waals surface area contributed by atoms with Crippen molar-refractivity contribution in [1.82, 2.24) is 4.98 Å². The van der Waals surface area contributed by atoms with Gasteiger partial charge in [0.15, 0.2) is 0 Å². The number of unbranched alkanes of at least 4 members (excludes halogenated alkanes) is 1. The van der Waals surface area contributed by atoms with Gasteiger partial charge in [0.1, 0.15) is 17.6 Å². The fourth-order valence-corrected chi connectivity index (χ4v) is 2.14. The molecule has 116 valence electrons. The van der Waals surface area contributed by atoms with Crippen molar-refractivity contribution in [1.29, 1.82) is 0 Å². The van der Waals surface area contributed by atoms with Gasteiger partial charge >= 0.3 is 11.7 Å². The summed E-state index contributed by atoms with van der Waals surface area (Å²) in [6, 6.07) is 1.43. The van der Waals surface area contributed by atoms with E-state index in [2.05, 4.69) is 24.1 Å². The van der Waals surface area contributed by atoms with Gasteiger partial charge in [-0.2, -0.15) is 0 Å². The monoisotopic (exact) mass is 295 g/mol. The van der Waals surface area contributed by atoms with Crippen LogP contribution in [0.15, 0.2) is 12.3 Å². The number of rotatable bonds is 9. The quantitative estimate of drug-likeness (QED) is 0.534. The van der Waals surface area contributed by atoms with Crippen molar-refractivity contribution in [2.45, 2.75) is 52.0 Å². The molecule has 1 unspecified atom stereocenters. The summed E-state index contributed by atoms with van der Waals surface area (Å²) >= 11 is 0. The van der Waals surface area contributed by atoms with Crippen molar-refractivity contribution < 1.29 is 14.8 Å². The molecule has 0 radical (unpaired) electrons. The molecule has 0 aliphatic rings. The highest BCUT2D eigenvalue weighted by Gasteiger charge is 2.21. The first-order chi connectivity index (χ1) is 9.99. The van der Waals surface area contributed by atoms with E-state index < -0.39 is 16.6 Å². The number of nitrogens with one attached hydrogen (secondary N) is 1. The Morgan fingerprint density at radius 2 is 2.14 bits per heavy atom. The molecule has 0 spiro atoms. The van der Waals surface area contributed by atoms with Crippen LogP contribution in [0.4, 0.5) is 11.5 Å². The van der Waals surface area contributed by atoms with Gasteiger partial charge in [-0.25, -0.2) is 9.78 Å². The maximum Gasteiger partial charge on any atom is 0.342 e. The zero-order valence-electron chi connectivity index (χ0n) is 12.3. The average molecular weight is 295 g/mol. The van der Waals surface area contributed by atoms with Gasteiger partial charge < -0.3 is 10.4 Å². The standard InChI is InChI=1S/C14H21N3O4/c1-3-5-7-10(6-4-2)16-13-8-11(14(18)19)12(9-15-13)17(20)21/h8-10H,3-7H2,1-2H3,(H,15,16)(H,18,19). The summed E-state index contributed by atoms with van der Waals surface area (Å²) in [4.78, 5) is 25.1. The molecule has 0 bridgehead atoms. The summed E-state index contributed by atoms with van der Waals surface area (Å²) in [5, 5.41) is 23.0. The van der Waals surface area contributed by atoms with Gasteiger partial charge in [0.05, 0.1) is 4.92 Å². The minimum absolute atomic E-state index is 0.200. The molecule has 1 atom stereocenters. The molecule has 7 heteroatoms. The number of anilines is 1. The highest BCUT2D eigenvalue weighted by molar-refractivity contribution is 5.93. The SMILES string of the molecule is CCCCC(CCC)Nc1cc(C(=O)O)c([N+](=O)[O-])cn1. The second-order valence-electron chi connectivity index (χ2n) is 4.92. The molecular formula is C14H21N3O4. The summed E-state index contributed by atoms with van der Waals surface area (Å²) in [5.41, 5.74) is -0.836. The number of hydrogen-bond donors (Lipinski definition) is 2. The zero-order chi connectivity index (χ0) is 15.8. The van der Waals surface area contributed by atoms with Crippen LogP contribution in [0.2, 0.25) is 0 Å². The number of hydrogen-bond acceptors (Lipinski definition) is 5. The molecule has 1 heterocycles. The number of aromatic nitrogens is 1. The molecule has 21 heavy (non-hydrogen) atoms. The Morgan fingerprint density at radius 1 is 1.43 bits per heavy atom. The maximum atomic E-state index is 11.1. The number of aromatic carboxylic acids is 1. The van der Waals surface area contributed by atoms with E-state index in [-0.39, 0.29) is 11.6 Å². The molecule has 0 aliphatic carbocycles. The van der Waals surface area contributed by atoms with Gasteiger partial charge in [0, 0.05) is 12.1 Å². The number of nitro groups is 1. The summed E-state index contributed by atoms with van der Waals surface area (Å²) in [6.45, 7) is 4.18. The van der Waals surface area contributed by atoms with Gasteiger partial charge in [-0.1, -0.05) is 33.1 Å². The first kappa shape index (κ1) is 16.9. The molecule has 0 amide bonds. The predicted molar refractivity (Wildman–Crippen MR) is 79.7 cm³/mol. The summed E-state index contributed by atoms with van der Waals surface area (Å²) in [6.07, 6.45) is 6.05. The minimum Gasteiger partial charge on any atom is -0.477 e. The van der Waals surface area contributed by atoms with Crippen LogP contribution < -0.4 is 5.32 Å². The molecule has 1 aromatic rings. The van der Waals surface area contributed by atoms with Crippen LogP contribution in [0, 0.1) is 10.1 Å². The van der Waals surface area contributed by atoms with Crippen LogP contribution in [0.1, 0.15) is 56.3 Å². The van der Waals surface area contributed by atoms with E-state index in [1.165, 1.54) is 6.07 Å². The highest BCUT2D eigenvalue weighted by atomic mass is 16.6. The van der Waals surface area contributed by atoms with E-state index >= 15 is 0 Å². The molecule has 0 aliphatic heterocycles. The lowest BCUT2D eigenvalue weighted by Crippen LogP contribution is -2.20. The maximum absolute atomic E-state index is 11.1. The smallest absolute Gasteiger partial charge is 0.342 e. The third kappa shape index (κ3) is 5.02. The minimum atomic E-state index is -1.33. The van der Waals surface area contributed by atoms with E-state index in [1.807, 2.05) is 0 Å². The molecule has 0 aromatic carbocycles. The molecular weight excluding hydrogens is 274 g/mol. The predicted octanol–water partition coefficient (Wildman–Crippen LogP) is 3.46. The topological polar surface area (TPSA) is 105 Å². The van der Waals surface area contributed by atoms with E-state index in [0.29, 0.717) is 5.82 Å². The van der Waals surface area contributed by atoms with Gasteiger partial charge in [0.2, 0.25) is 0 Å². The van der Waals surface area contributed by atoms with Crippen molar-refractivity contribution in [3.8, 4) is 0 Å². The fourth-order valence-electron chi connectivity index (χ4n) is 2.14. The first-order valence-electron chi connectivity index (χ1n) is 7.13. The second kappa shape index (κ2) is 8.18. The molecule has 0 saturated carbocycles. The normalized spacial score (nSPS) is 11.9. The van der Waals surface area contributed by atoms with Crippen LogP contribution >= 0.6 is 0 Å². The second-order valence-corrected chi connectivity index (χ2v) is 4.92. The van der Waals surface area contributed by atoms with Gasteiger partial charge in [-0.05, 0) is 12.8 Å². The van der Waals surface area contributed by atoms with Crippen LogP contribution in [-0.2, 0) is 0 Å². The lowest BCUT2D eigenvalue weighted by molar-refractivity contribution is -0.385. The van der Waals surface area contributed by atoms with Gasteiger partial charge in [-0.3, -0.25) is 10.1 Å². The highest BCUT2D eigenvalue weighted by Crippen LogP contribution is 2.22. The Bertz CT molecular complexity index is 505. The third-order valence-electron chi connectivity index (χ3n) is 3.21. The molecule has 1 aromatic heterocycles. The zero-order valence-corrected chi connectivity index (χ0v) is 12.3. The molecule has 0 saturated heterocycles. The van der Waals surface area contributed by atoms with Crippen LogP contribution in [0.5, 0.6) is 0 Å². The largest absolute Gasteiger partial charge is 0.477 e. The van der Waals surface area contributed by atoms with E-state index in [4.69, 9.17) is 5.11 Å². The third-order valence-corrected chi connectivity index (χ3v) is 3.21. The van der Waals surface area contributed by atoms with Crippen LogP contribution in [0.25, 0.3) is 0 Å². The van der Waals surface area contributed by atoms with E-state index in [9.17, 15) is 14.9 Å². The van der Waals surface area contributed by atoms with Gasteiger partial charge in [0.25, 0.3) is 0 Å². The van der Waals surface area contributed by atoms with Crippen molar-refractivity contribution in [2.24, 2.45) is 0 Å². The summed E-state index contributed by atoms with van der Waals surface area (Å²) < 4.78 is 0. The Labute approximate surface area is 123 Å². The molecule has 1 rings (SSSR count). The van der Waals surface area contributed by atoms with Crippen molar-refractivity contribution >= 4 is 17.5 Å². The van der Waals surface area contributed by atoms with E-state index in [1.54, 1.807) is 0 Å². The summed E-state index contributed by atoms with van der Waals surface area (Å²) in [7, 11) is 0. The Balaban J connectivity index is 2.94. The van der Waals surface area contributed by atoms with Crippen molar-refractivity contribution in [3.05, 3.63) is 27.9 Å². The van der Waals surface area contributed by atoms with Crippen molar-refractivity contribution in [3.63, 3.8) is 0 Å². The van der Waals surface area contributed by atoms with E-state index in [0.717, 1.165) is 38.3 Å². The average Bonchev–Trinajstić information content (AvgIpc) is 2.44. The lowest BCUT2D eigenvalue weighted by atomic mass is 10.1. The first-order valence-corrected chi connectivity index (χ1v) is 7.13. The van der Waals surface area contributed by atoms with Crippen molar-refractivity contribution in [2.75, 3.05) is 5.32 Å². The number of carbonyl (C=O) groups is 1.